The Morgan fingerprint density at radius 1 is 1.23 bits per heavy atom. The average molecular weight is 378 g/mol. The van der Waals surface area contributed by atoms with Crippen molar-refractivity contribution in [3.05, 3.63) is 63.2 Å². The molecule has 0 aliphatic rings. The molecule has 2 aromatic rings. The zero-order valence-electron chi connectivity index (χ0n) is 14.7. The number of nitrogens with zero attached hydrogens (tertiary/aromatic N) is 1. The Morgan fingerprint density at radius 3 is 2.58 bits per heavy atom. The van der Waals surface area contributed by atoms with E-state index >= 15 is 0 Å². The van der Waals surface area contributed by atoms with Crippen LogP contribution in [0.15, 0.2) is 42.5 Å². The molecule has 0 aromatic heterocycles. The van der Waals surface area contributed by atoms with Crippen LogP contribution >= 0.6 is 11.6 Å². The lowest BCUT2D eigenvalue weighted by Gasteiger charge is -2.20. The summed E-state index contributed by atoms with van der Waals surface area (Å²) in [5.41, 5.74) is 1.22. The summed E-state index contributed by atoms with van der Waals surface area (Å²) in [7, 11) is 1.39. The molecule has 2 N–H and O–H groups in total. The second-order valence-electron chi connectivity index (χ2n) is 5.80. The molecule has 0 aliphatic carbocycles. The minimum absolute atomic E-state index is 0.0896. The minimum Gasteiger partial charge on any atom is -0.494 e. The summed E-state index contributed by atoms with van der Waals surface area (Å²) in [6.45, 7) is 3.66. The number of nitro groups is 1. The third-order valence-electron chi connectivity index (χ3n) is 3.90. The summed E-state index contributed by atoms with van der Waals surface area (Å²) in [6, 6.07) is 10.8. The molecule has 2 aromatic carbocycles. The van der Waals surface area contributed by atoms with Gasteiger partial charge < -0.3 is 10.1 Å². The number of ether oxygens (including phenoxy) is 1. The van der Waals surface area contributed by atoms with E-state index in [-0.39, 0.29) is 23.4 Å². The third-order valence-corrected chi connectivity index (χ3v) is 4.13. The molecule has 0 saturated carbocycles. The first-order chi connectivity index (χ1) is 12.3. The van der Waals surface area contributed by atoms with Crippen LogP contribution in [0.4, 0.5) is 11.4 Å². The summed E-state index contributed by atoms with van der Waals surface area (Å²) in [5, 5.41) is 17.4. The highest BCUT2D eigenvalue weighted by Gasteiger charge is 2.19. The van der Waals surface area contributed by atoms with E-state index in [1.54, 1.807) is 13.0 Å². The second-order valence-corrected chi connectivity index (χ2v) is 6.23. The van der Waals surface area contributed by atoms with Crippen LogP contribution in [0.2, 0.25) is 5.02 Å². The summed E-state index contributed by atoms with van der Waals surface area (Å²) in [6.07, 6.45) is 0. The third kappa shape index (κ3) is 4.93. The highest BCUT2D eigenvalue weighted by molar-refractivity contribution is 6.30. The molecule has 7 nitrogen and oxygen atoms in total. The van der Waals surface area contributed by atoms with Crippen molar-refractivity contribution >= 4 is 28.9 Å². The monoisotopic (exact) mass is 377 g/mol. The van der Waals surface area contributed by atoms with Gasteiger partial charge in [-0.3, -0.25) is 20.2 Å². The number of anilines is 1. The molecular weight excluding hydrogens is 358 g/mol. The molecule has 0 heterocycles. The van der Waals surface area contributed by atoms with Crippen LogP contribution in [0.25, 0.3) is 0 Å². The van der Waals surface area contributed by atoms with Gasteiger partial charge in [0, 0.05) is 17.1 Å². The van der Waals surface area contributed by atoms with Crippen LogP contribution in [0.5, 0.6) is 5.75 Å². The Kier molecular flexibility index (Phi) is 6.54. The van der Waals surface area contributed by atoms with E-state index in [0.29, 0.717) is 10.7 Å². The summed E-state index contributed by atoms with van der Waals surface area (Å²) in [4.78, 5) is 22.8. The number of nitrogens with one attached hydrogen (secondary N) is 2. The fourth-order valence-corrected chi connectivity index (χ4v) is 2.66. The first-order valence-electron chi connectivity index (χ1n) is 7.96. The molecule has 2 rings (SSSR count). The normalized spacial score (nSPS) is 12.9. The molecule has 0 aliphatic heterocycles. The molecule has 0 spiro atoms. The van der Waals surface area contributed by atoms with Gasteiger partial charge in [-0.25, -0.2) is 0 Å². The van der Waals surface area contributed by atoms with Crippen molar-refractivity contribution in [1.29, 1.82) is 0 Å². The van der Waals surface area contributed by atoms with E-state index in [2.05, 4.69) is 10.6 Å². The number of nitro benzene ring substituents is 1. The van der Waals surface area contributed by atoms with E-state index < -0.39 is 11.0 Å². The minimum atomic E-state index is -0.523. The quantitative estimate of drug-likeness (QED) is 0.563. The summed E-state index contributed by atoms with van der Waals surface area (Å²) >= 11 is 5.99. The summed E-state index contributed by atoms with van der Waals surface area (Å²) < 4.78 is 5.13. The number of amides is 1. The molecule has 0 fully saturated rings. The Morgan fingerprint density at radius 2 is 1.96 bits per heavy atom. The van der Waals surface area contributed by atoms with Crippen molar-refractivity contribution < 1.29 is 14.5 Å². The van der Waals surface area contributed by atoms with Gasteiger partial charge in [-0.1, -0.05) is 23.7 Å². The Labute approximate surface area is 156 Å². The SMILES string of the molecule is COc1cc([N+](=O)[O-])ccc1NC(=O)[C@@H](C)N[C@@H](C)c1cccc(Cl)c1. The van der Waals surface area contributed by atoms with Crippen molar-refractivity contribution in [2.24, 2.45) is 0 Å². The molecular formula is C18H20ClN3O4. The molecule has 0 saturated heterocycles. The molecule has 2 atom stereocenters. The molecule has 0 radical (unpaired) electrons. The van der Waals surface area contributed by atoms with Gasteiger partial charge >= 0.3 is 0 Å². The molecule has 138 valence electrons. The highest BCUT2D eigenvalue weighted by Crippen LogP contribution is 2.29. The maximum Gasteiger partial charge on any atom is 0.273 e. The lowest BCUT2D eigenvalue weighted by molar-refractivity contribution is -0.384. The standard InChI is InChI=1S/C18H20ClN3O4/c1-11(13-5-4-6-14(19)9-13)20-12(2)18(23)21-16-8-7-15(22(24)25)10-17(16)26-3/h4-12,20H,1-3H3,(H,21,23)/t11-,12+/m0/s1. The van der Waals surface area contributed by atoms with E-state index in [4.69, 9.17) is 16.3 Å². The fraction of sp³-hybridized carbons (Fsp3) is 0.278. The van der Waals surface area contributed by atoms with Crippen molar-refractivity contribution in [3.8, 4) is 5.75 Å². The van der Waals surface area contributed by atoms with Gasteiger partial charge in [0.15, 0.2) is 0 Å². The number of rotatable bonds is 7. The average Bonchev–Trinajstić information content (AvgIpc) is 2.61. The Bertz CT molecular complexity index is 813. The van der Waals surface area contributed by atoms with Crippen LogP contribution in [-0.2, 0) is 4.79 Å². The van der Waals surface area contributed by atoms with Crippen molar-refractivity contribution in [2.45, 2.75) is 25.9 Å². The predicted molar refractivity (Wildman–Crippen MR) is 101 cm³/mol. The van der Waals surface area contributed by atoms with E-state index in [9.17, 15) is 14.9 Å². The van der Waals surface area contributed by atoms with E-state index in [1.165, 1.54) is 25.3 Å². The van der Waals surface area contributed by atoms with Crippen molar-refractivity contribution in [3.63, 3.8) is 0 Å². The lowest BCUT2D eigenvalue weighted by atomic mass is 10.1. The van der Waals surface area contributed by atoms with Crippen LogP contribution < -0.4 is 15.4 Å². The maximum absolute atomic E-state index is 12.4. The van der Waals surface area contributed by atoms with Crippen LogP contribution in [0.3, 0.4) is 0 Å². The molecule has 0 unspecified atom stereocenters. The molecule has 0 bridgehead atoms. The fourth-order valence-electron chi connectivity index (χ4n) is 2.46. The van der Waals surface area contributed by atoms with E-state index in [1.807, 2.05) is 25.1 Å². The van der Waals surface area contributed by atoms with Gasteiger partial charge in [-0.15, -0.1) is 0 Å². The maximum atomic E-state index is 12.4. The number of benzene rings is 2. The number of carbonyl (C=O) groups excluding carboxylic acids is 1. The van der Waals surface area contributed by atoms with Gasteiger partial charge in [0.05, 0.1) is 29.8 Å². The van der Waals surface area contributed by atoms with Crippen LogP contribution in [0, 0.1) is 10.1 Å². The van der Waals surface area contributed by atoms with Crippen LogP contribution in [-0.4, -0.2) is 24.0 Å². The number of carbonyl (C=O) groups is 1. The largest absolute Gasteiger partial charge is 0.494 e. The zero-order valence-corrected chi connectivity index (χ0v) is 15.4. The first-order valence-corrected chi connectivity index (χ1v) is 8.34. The molecule has 26 heavy (non-hydrogen) atoms. The van der Waals surface area contributed by atoms with Gasteiger partial charge in [-0.2, -0.15) is 0 Å². The number of non-ortho nitro benzene ring substituents is 1. The van der Waals surface area contributed by atoms with Crippen molar-refractivity contribution in [1.82, 2.24) is 5.32 Å². The molecule has 1 amide bonds. The van der Waals surface area contributed by atoms with E-state index in [0.717, 1.165) is 5.56 Å². The lowest BCUT2D eigenvalue weighted by Crippen LogP contribution is -2.39. The Balaban J connectivity index is 2.06. The highest BCUT2D eigenvalue weighted by atomic mass is 35.5. The van der Waals surface area contributed by atoms with Gasteiger partial charge in [0.2, 0.25) is 5.91 Å². The Hall–Kier alpha value is -2.64. The first kappa shape index (κ1) is 19.7. The smallest absolute Gasteiger partial charge is 0.273 e. The van der Waals surface area contributed by atoms with Gasteiger partial charge in [-0.05, 0) is 37.6 Å². The number of halogens is 1. The zero-order chi connectivity index (χ0) is 19.3. The number of hydrogen-bond donors (Lipinski definition) is 2. The van der Waals surface area contributed by atoms with Gasteiger partial charge in [0.1, 0.15) is 5.75 Å². The van der Waals surface area contributed by atoms with Crippen molar-refractivity contribution in [2.75, 3.05) is 12.4 Å². The molecule has 8 heteroatoms. The number of methoxy groups -OCH3 is 1. The number of hydrogen-bond acceptors (Lipinski definition) is 5. The van der Waals surface area contributed by atoms with Crippen LogP contribution in [0.1, 0.15) is 25.5 Å². The summed E-state index contributed by atoms with van der Waals surface area (Å²) in [5.74, 6) is -0.0614. The van der Waals surface area contributed by atoms with Gasteiger partial charge in [0.25, 0.3) is 5.69 Å². The second kappa shape index (κ2) is 8.64. The topological polar surface area (TPSA) is 93.5 Å². The predicted octanol–water partition coefficient (Wildman–Crippen LogP) is 3.93.